The van der Waals surface area contributed by atoms with Crippen LogP contribution in [0.4, 0.5) is 28.9 Å². The molecule has 0 bridgehead atoms. The molecule has 41 heavy (non-hydrogen) atoms. The zero-order valence-electron chi connectivity index (χ0n) is 23.2. The van der Waals surface area contributed by atoms with E-state index >= 15 is 0 Å². The van der Waals surface area contributed by atoms with Crippen molar-refractivity contribution >= 4 is 23.2 Å². The predicted octanol–water partition coefficient (Wildman–Crippen LogP) is 7.08. The van der Waals surface area contributed by atoms with Crippen LogP contribution in [0.1, 0.15) is 27.7 Å². The quantitative estimate of drug-likeness (QED) is 0.107. The topological polar surface area (TPSA) is 40.6 Å². The number of carbonyl (C=O) groups excluding carboxylic acids is 2. The fourth-order valence-electron chi connectivity index (χ4n) is 3.94. The van der Waals surface area contributed by atoms with Gasteiger partial charge in [-0.15, -0.1) is 36.4 Å². The number of amides is 2. The SMILES string of the molecule is CC1(C)CN(c2ccc(F)[c-]c2F)C1=O.CC1(C)CN(c2ccc(F)[c-]c2F)C1=O.[Ti+4].c1cc[cH-]c1.c1cc[cH-]c1. The van der Waals surface area contributed by atoms with Gasteiger partial charge < -0.3 is 9.80 Å². The van der Waals surface area contributed by atoms with Gasteiger partial charge in [0.2, 0.25) is 11.8 Å². The van der Waals surface area contributed by atoms with E-state index in [1.165, 1.54) is 21.9 Å². The fourth-order valence-corrected chi connectivity index (χ4v) is 3.94. The number of rotatable bonds is 2. The summed E-state index contributed by atoms with van der Waals surface area (Å²) in [5.74, 6) is -3.47. The van der Waals surface area contributed by atoms with Crippen LogP contribution in [-0.2, 0) is 31.3 Å². The van der Waals surface area contributed by atoms with Gasteiger partial charge in [0, 0.05) is 36.4 Å². The van der Waals surface area contributed by atoms with Crippen LogP contribution in [0.2, 0.25) is 0 Å². The van der Waals surface area contributed by atoms with E-state index in [-0.39, 0.29) is 44.9 Å². The second-order valence-corrected chi connectivity index (χ2v) is 10.5. The Labute approximate surface area is 253 Å². The molecule has 2 amide bonds. The average molecular weight is 598 g/mol. The van der Waals surface area contributed by atoms with Crippen molar-refractivity contribution in [2.75, 3.05) is 22.9 Å². The van der Waals surface area contributed by atoms with E-state index in [4.69, 9.17) is 0 Å². The maximum absolute atomic E-state index is 13.3. The van der Waals surface area contributed by atoms with Crippen LogP contribution in [0.5, 0.6) is 0 Å². The Morgan fingerprint density at radius 1 is 0.634 bits per heavy atom. The number of hydrogen-bond donors (Lipinski definition) is 0. The van der Waals surface area contributed by atoms with Crippen molar-refractivity contribution in [2.45, 2.75) is 27.7 Å². The second kappa shape index (κ2) is 14.4. The van der Waals surface area contributed by atoms with Crippen LogP contribution in [0.15, 0.2) is 84.9 Å². The summed E-state index contributed by atoms with van der Waals surface area (Å²) < 4.78 is 51.7. The van der Waals surface area contributed by atoms with Crippen LogP contribution in [0.25, 0.3) is 0 Å². The Morgan fingerprint density at radius 3 is 1.15 bits per heavy atom. The molecule has 0 spiro atoms. The largest absolute Gasteiger partial charge is 4.00 e. The number of β-lactam (4-membered cyclic amide) rings is 2. The first-order chi connectivity index (χ1) is 18.8. The van der Waals surface area contributed by atoms with Crippen molar-refractivity contribution < 1.29 is 48.9 Å². The summed E-state index contributed by atoms with van der Waals surface area (Å²) in [4.78, 5) is 25.7. The molecule has 0 atom stereocenters. The number of carbonyl (C=O) groups is 2. The zero-order valence-corrected chi connectivity index (χ0v) is 24.8. The summed E-state index contributed by atoms with van der Waals surface area (Å²) in [6, 6.07) is 28.5. The summed E-state index contributed by atoms with van der Waals surface area (Å²) in [5.41, 5.74) is -0.691. The second-order valence-electron chi connectivity index (χ2n) is 10.5. The van der Waals surface area contributed by atoms with E-state index in [1.807, 2.05) is 72.8 Å². The predicted molar refractivity (Wildman–Crippen MR) is 147 cm³/mol. The minimum absolute atomic E-state index is 0. The van der Waals surface area contributed by atoms with Gasteiger partial charge in [0.1, 0.15) is 0 Å². The molecule has 0 N–H and O–H groups in total. The molecule has 2 aliphatic heterocycles. The molecule has 2 aliphatic rings. The Bertz CT molecular complexity index is 1260. The average Bonchev–Trinajstić information content (AvgIpc) is 3.67. The molecule has 9 heteroatoms. The molecular formula is C32H30F4N2O2Ti. The van der Waals surface area contributed by atoms with Crippen molar-refractivity contribution in [3.05, 3.63) is 120 Å². The molecule has 0 radical (unpaired) electrons. The third-order valence-corrected chi connectivity index (χ3v) is 6.13. The van der Waals surface area contributed by atoms with Crippen molar-refractivity contribution in [1.82, 2.24) is 0 Å². The molecule has 0 unspecified atom stereocenters. The zero-order chi connectivity index (χ0) is 29.5. The monoisotopic (exact) mass is 598 g/mol. The first-order valence-corrected chi connectivity index (χ1v) is 12.6. The van der Waals surface area contributed by atoms with Gasteiger partial charge in [0.05, 0.1) is 10.8 Å². The van der Waals surface area contributed by atoms with E-state index in [1.54, 1.807) is 27.7 Å². The molecule has 2 heterocycles. The van der Waals surface area contributed by atoms with Crippen LogP contribution in [0, 0.1) is 46.2 Å². The van der Waals surface area contributed by atoms with Gasteiger partial charge >= 0.3 is 21.7 Å². The number of anilines is 2. The van der Waals surface area contributed by atoms with Crippen LogP contribution >= 0.6 is 0 Å². The third kappa shape index (κ3) is 8.75. The van der Waals surface area contributed by atoms with Crippen molar-refractivity contribution in [3.8, 4) is 0 Å². The van der Waals surface area contributed by atoms with Crippen LogP contribution < -0.4 is 9.80 Å². The summed E-state index contributed by atoms with van der Waals surface area (Å²) in [6.07, 6.45) is 0. The van der Waals surface area contributed by atoms with Gasteiger partial charge in [-0.1, -0.05) is 0 Å². The Hall–Kier alpha value is -3.49. The minimum atomic E-state index is -0.821. The summed E-state index contributed by atoms with van der Waals surface area (Å²) in [5, 5.41) is 0. The Balaban J connectivity index is 0.000000211. The standard InChI is InChI=1S/2C11H10F2NO.2C5H5.Ti/c2*1-11(2)6-14(10(11)15)9-4-3-7(12)5-8(9)13;2*1-2-4-5-3-1;/h2*3-4H,6H2,1-2H3;2*1-5H;/q4*-1;+4. The molecule has 0 aliphatic carbocycles. The Morgan fingerprint density at radius 2 is 0.951 bits per heavy atom. The van der Waals surface area contributed by atoms with Crippen molar-refractivity contribution in [3.63, 3.8) is 0 Å². The maximum atomic E-state index is 13.3. The minimum Gasteiger partial charge on any atom is -0.362 e. The molecule has 2 saturated heterocycles. The molecule has 4 nitrogen and oxygen atoms in total. The normalized spacial score (nSPS) is 15.8. The van der Waals surface area contributed by atoms with E-state index in [2.05, 4.69) is 0 Å². The molecule has 212 valence electrons. The van der Waals surface area contributed by atoms with Gasteiger partial charge in [0.15, 0.2) is 0 Å². The first kappa shape index (κ1) is 33.7. The number of benzene rings is 2. The van der Waals surface area contributed by atoms with Gasteiger partial charge in [-0.25, -0.2) is 41.8 Å². The number of halogens is 4. The third-order valence-electron chi connectivity index (χ3n) is 6.13. The van der Waals surface area contributed by atoms with E-state index in [0.29, 0.717) is 13.1 Å². The summed E-state index contributed by atoms with van der Waals surface area (Å²) in [6.45, 7) is 8.05. The van der Waals surface area contributed by atoms with Gasteiger partial charge in [0.25, 0.3) is 0 Å². The van der Waals surface area contributed by atoms with Crippen molar-refractivity contribution in [2.24, 2.45) is 10.8 Å². The molecular weight excluding hydrogens is 568 g/mol. The van der Waals surface area contributed by atoms with E-state index in [0.717, 1.165) is 12.1 Å². The van der Waals surface area contributed by atoms with E-state index in [9.17, 15) is 27.2 Å². The molecule has 4 aromatic rings. The Kier molecular flexibility index (Phi) is 11.9. The summed E-state index contributed by atoms with van der Waals surface area (Å²) in [7, 11) is 0. The number of hydrogen-bond acceptors (Lipinski definition) is 2. The van der Waals surface area contributed by atoms with Crippen LogP contribution in [-0.4, -0.2) is 24.9 Å². The molecule has 4 aromatic carbocycles. The van der Waals surface area contributed by atoms with E-state index < -0.39 is 34.1 Å². The van der Waals surface area contributed by atoms with Gasteiger partial charge in [-0.3, -0.25) is 9.59 Å². The molecule has 6 rings (SSSR count). The first-order valence-electron chi connectivity index (χ1n) is 12.6. The maximum Gasteiger partial charge on any atom is 4.00 e. The molecule has 0 aromatic heterocycles. The van der Waals surface area contributed by atoms with Crippen LogP contribution in [0.3, 0.4) is 0 Å². The molecule has 2 fully saturated rings. The van der Waals surface area contributed by atoms with Gasteiger partial charge in [-0.05, 0) is 39.1 Å². The number of nitrogens with zero attached hydrogens (tertiary/aromatic N) is 2. The smallest absolute Gasteiger partial charge is 0.362 e. The van der Waals surface area contributed by atoms with Gasteiger partial charge in [-0.2, -0.15) is 36.4 Å². The fraction of sp³-hybridized carbons (Fsp3) is 0.250. The van der Waals surface area contributed by atoms with Crippen molar-refractivity contribution in [1.29, 1.82) is 0 Å². The summed E-state index contributed by atoms with van der Waals surface area (Å²) >= 11 is 0. The molecule has 0 saturated carbocycles.